The zero-order chi connectivity index (χ0) is 15.6. The van der Waals surface area contributed by atoms with Crippen molar-refractivity contribution in [1.29, 1.82) is 0 Å². The van der Waals surface area contributed by atoms with Crippen LogP contribution >= 0.6 is 0 Å². The van der Waals surface area contributed by atoms with E-state index in [-0.39, 0.29) is 11.8 Å². The van der Waals surface area contributed by atoms with Crippen LogP contribution in [0.15, 0.2) is 30.6 Å². The number of piperidine rings is 1. The molecule has 0 unspecified atom stereocenters. The van der Waals surface area contributed by atoms with Crippen molar-refractivity contribution >= 4 is 11.7 Å². The van der Waals surface area contributed by atoms with Crippen LogP contribution in [0.3, 0.4) is 0 Å². The summed E-state index contributed by atoms with van der Waals surface area (Å²) in [7, 11) is 0. The number of carbonyl (C=O) groups excluding carboxylic acids is 1. The van der Waals surface area contributed by atoms with E-state index in [0.717, 1.165) is 44.6 Å². The van der Waals surface area contributed by atoms with Crippen molar-refractivity contribution in [2.45, 2.75) is 31.7 Å². The van der Waals surface area contributed by atoms with Crippen LogP contribution < -0.4 is 10.2 Å². The van der Waals surface area contributed by atoms with E-state index < -0.39 is 0 Å². The molecule has 1 saturated heterocycles. The summed E-state index contributed by atoms with van der Waals surface area (Å²) in [5.41, 5.74) is 0. The van der Waals surface area contributed by atoms with Gasteiger partial charge in [-0.15, -0.1) is 10.2 Å². The Hall–Kier alpha value is -2.44. The van der Waals surface area contributed by atoms with Gasteiger partial charge in [0.15, 0.2) is 11.6 Å². The second-order valence-corrected chi connectivity index (χ2v) is 6.24. The molecule has 23 heavy (non-hydrogen) atoms. The number of nitrogens with zero attached hydrogens (tertiary/aromatic N) is 5. The normalized spacial score (nSPS) is 18.9. The maximum atomic E-state index is 12.1. The van der Waals surface area contributed by atoms with Crippen LogP contribution in [-0.4, -0.2) is 45.0 Å². The standard InChI is InChI=1S/C16H20N6O/c23-16(18-13-2-3-13)12-6-10-21(11-7-12)14-4-5-15(20-19-14)22-9-1-8-17-22/h1,4-5,8-9,12-13H,2-3,6-7,10-11H2,(H,18,23). The van der Waals surface area contributed by atoms with Crippen LogP contribution in [0.5, 0.6) is 0 Å². The Kier molecular flexibility index (Phi) is 3.69. The van der Waals surface area contributed by atoms with Crippen LogP contribution in [0.25, 0.3) is 5.82 Å². The molecular weight excluding hydrogens is 292 g/mol. The minimum atomic E-state index is 0.142. The molecule has 7 heteroatoms. The number of amides is 1. The molecule has 3 heterocycles. The van der Waals surface area contributed by atoms with Crippen LogP contribution in [0.1, 0.15) is 25.7 Å². The summed E-state index contributed by atoms with van der Waals surface area (Å²) in [5.74, 6) is 1.94. The zero-order valence-corrected chi connectivity index (χ0v) is 12.9. The lowest BCUT2D eigenvalue weighted by molar-refractivity contribution is -0.125. The smallest absolute Gasteiger partial charge is 0.223 e. The Morgan fingerprint density at radius 2 is 1.83 bits per heavy atom. The predicted molar refractivity (Wildman–Crippen MR) is 85.3 cm³/mol. The van der Waals surface area contributed by atoms with Crippen LogP contribution in [-0.2, 0) is 4.79 Å². The highest BCUT2D eigenvalue weighted by Crippen LogP contribution is 2.24. The number of aromatic nitrogens is 4. The fourth-order valence-corrected chi connectivity index (χ4v) is 2.93. The minimum Gasteiger partial charge on any atom is -0.355 e. The lowest BCUT2D eigenvalue weighted by atomic mass is 9.96. The van der Waals surface area contributed by atoms with Crippen LogP contribution in [0.4, 0.5) is 5.82 Å². The number of anilines is 1. The van der Waals surface area contributed by atoms with Gasteiger partial charge < -0.3 is 10.2 Å². The third-order valence-electron chi connectivity index (χ3n) is 4.49. The second-order valence-electron chi connectivity index (χ2n) is 6.24. The fourth-order valence-electron chi connectivity index (χ4n) is 2.93. The van der Waals surface area contributed by atoms with Gasteiger partial charge in [0.25, 0.3) is 0 Å². The molecule has 1 saturated carbocycles. The maximum Gasteiger partial charge on any atom is 0.223 e. The Labute approximate surface area is 134 Å². The number of hydrogen-bond donors (Lipinski definition) is 1. The van der Waals surface area contributed by atoms with Gasteiger partial charge in [0.2, 0.25) is 5.91 Å². The first-order chi connectivity index (χ1) is 11.3. The maximum absolute atomic E-state index is 12.1. The van der Waals surface area contributed by atoms with E-state index in [4.69, 9.17) is 0 Å². The number of carbonyl (C=O) groups is 1. The molecule has 4 rings (SSSR count). The summed E-state index contributed by atoms with van der Waals surface area (Å²) in [4.78, 5) is 14.3. The van der Waals surface area contributed by atoms with Crippen molar-refractivity contribution in [2.75, 3.05) is 18.0 Å². The van der Waals surface area contributed by atoms with Gasteiger partial charge in [0.1, 0.15) is 0 Å². The van der Waals surface area contributed by atoms with Gasteiger partial charge in [-0.2, -0.15) is 5.10 Å². The van der Waals surface area contributed by atoms with Gasteiger partial charge in [-0.1, -0.05) is 0 Å². The fraction of sp³-hybridized carbons (Fsp3) is 0.500. The van der Waals surface area contributed by atoms with E-state index in [1.54, 1.807) is 10.9 Å². The molecule has 120 valence electrons. The molecule has 2 aromatic heterocycles. The summed E-state index contributed by atoms with van der Waals surface area (Å²) in [6, 6.07) is 6.18. The molecule has 2 aliphatic rings. The highest BCUT2D eigenvalue weighted by molar-refractivity contribution is 5.79. The van der Waals surface area contributed by atoms with Crippen molar-refractivity contribution in [3.8, 4) is 5.82 Å². The molecule has 2 aromatic rings. The highest BCUT2D eigenvalue weighted by atomic mass is 16.2. The highest BCUT2D eigenvalue weighted by Gasteiger charge is 2.30. The Morgan fingerprint density at radius 3 is 2.43 bits per heavy atom. The minimum absolute atomic E-state index is 0.142. The molecule has 2 fully saturated rings. The summed E-state index contributed by atoms with van der Waals surface area (Å²) >= 11 is 0. The molecule has 0 bridgehead atoms. The predicted octanol–water partition coefficient (Wildman–Crippen LogP) is 1.16. The van der Waals surface area contributed by atoms with E-state index >= 15 is 0 Å². The summed E-state index contributed by atoms with van der Waals surface area (Å²) < 4.78 is 1.69. The largest absolute Gasteiger partial charge is 0.355 e. The van der Waals surface area contributed by atoms with E-state index in [1.165, 1.54) is 0 Å². The Bertz CT molecular complexity index is 656. The average Bonchev–Trinajstić information content (AvgIpc) is 3.24. The van der Waals surface area contributed by atoms with E-state index in [2.05, 4.69) is 25.5 Å². The first-order valence-corrected chi connectivity index (χ1v) is 8.19. The van der Waals surface area contributed by atoms with Crippen molar-refractivity contribution in [3.63, 3.8) is 0 Å². The van der Waals surface area contributed by atoms with Gasteiger partial charge in [-0.05, 0) is 43.9 Å². The summed E-state index contributed by atoms with van der Waals surface area (Å²) in [5, 5.41) is 15.8. The Balaban J connectivity index is 1.35. The summed E-state index contributed by atoms with van der Waals surface area (Å²) in [6.07, 6.45) is 7.59. The first-order valence-electron chi connectivity index (χ1n) is 8.19. The first kappa shape index (κ1) is 14.2. The van der Waals surface area contributed by atoms with Crippen molar-refractivity contribution in [1.82, 2.24) is 25.3 Å². The second kappa shape index (κ2) is 5.98. The molecule has 1 aliphatic carbocycles. The van der Waals surface area contributed by atoms with E-state index in [1.807, 2.05) is 24.4 Å². The quantitative estimate of drug-likeness (QED) is 0.917. The van der Waals surface area contributed by atoms with Gasteiger partial charge >= 0.3 is 0 Å². The van der Waals surface area contributed by atoms with Crippen molar-refractivity contribution < 1.29 is 4.79 Å². The number of nitrogens with one attached hydrogen (secondary N) is 1. The molecule has 7 nitrogen and oxygen atoms in total. The Morgan fingerprint density at radius 1 is 1.09 bits per heavy atom. The third kappa shape index (κ3) is 3.18. The number of hydrogen-bond acceptors (Lipinski definition) is 5. The molecule has 1 N–H and O–H groups in total. The molecule has 0 radical (unpaired) electrons. The SMILES string of the molecule is O=C(NC1CC1)C1CCN(c2ccc(-n3cccn3)nn2)CC1. The van der Waals surface area contributed by atoms with Gasteiger partial charge in [-0.25, -0.2) is 4.68 Å². The van der Waals surface area contributed by atoms with Crippen LogP contribution in [0.2, 0.25) is 0 Å². The number of rotatable bonds is 4. The summed E-state index contributed by atoms with van der Waals surface area (Å²) in [6.45, 7) is 1.69. The van der Waals surface area contributed by atoms with Crippen molar-refractivity contribution in [2.24, 2.45) is 5.92 Å². The topological polar surface area (TPSA) is 75.9 Å². The van der Waals surface area contributed by atoms with E-state index in [0.29, 0.717) is 11.9 Å². The molecule has 0 aromatic carbocycles. The molecular formula is C16H20N6O. The zero-order valence-electron chi connectivity index (χ0n) is 12.9. The van der Waals surface area contributed by atoms with Gasteiger partial charge in [-0.3, -0.25) is 4.79 Å². The lowest BCUT2D eigenvalue weighted by Crippen LogP contribution is -2.41. The third-order valence-corrected chi connectivity index (χ3v) is 4.49. The van der Waals surface area contributed by atoms with Gasteiger partial charge in [0, 0.05) is 37.4 Å². The van der Waals surface area contributed by atoms with E-state index in [9.17, 15) is 4.79 Å². The molecule has 1 aliphatic heterocycles. The van der Waals surface area contributed by atoms with Crippen LogP contribution in [0, 0.1) is 5.92 Å². The molecule has 1 amide bonds. The van der Waals surface area contributed by atoms with Gasteiger partial charge in [0.05, 0.1) is 0 Å². The molecule has 0 atom stereocenters. The molecule has 0 spiro atoms. The van der Waals surface area contributed by atoms with Crippen molar-refractivity contribution in [3.05, 3.63) is 30.6 Å². The average molecular weight is 312 g/mol. The lowest BCUT2D eigenvalue weighted by Gasteiger charge is -2.31. The monoisotopic (exact) mass is 312 g/mol.